The number of benzene rings is 2. The van der Waals surface area contributed by atoms with Crippen LogP contribution in [0.4, 0.5) is 0 Å². The number of carbonyl (C=O) groups excluding carboxylic acids is 1. The van der Waals surface area contributed by atoms with Crippen LogP contribution in [0.3, 0.4) is 0 Å². The summed E-state index contributed by atoms with van der Waals surface area (Å²) in [5.74, 6) is 2.69. The van der Waals surface area contributed by atoms with Gasteiger partial charge in [0.2, 0.25) is 5.78 Å². The number of nitrogens with zero attached hydrogens (tertiary/aromatic N) is 2. The quantitative estimate of drug-likeness (QED) is 0.371. The van der Waals surface area contributed by atoms with E-state index in [2.05, 4.69) is 4.98 Å². The van der Waals surface area contributed by atoms with Gasteiger partial charge in [0, 0.05) is 11.8 Å². The van der Waals surface area contributed by atoms with Crippen LogP contribution in [0.25, 0.3) is 17.0 Å². The number of rotatable bonds is 7. The Labute approximate surface area is 203 Å². The van der Waals surface area contributed by atoms with E-state index in [-0.39, 0.29) is 5.78 Å². The van der Waals surface area contributed by atoms with Gasteiger partial charge in [-0.05, 0) is 67.9 Å². The predicted molar refractivity (Wildman–Crippen MR) is 132 cm³/mol. The SMILES string of the molecule is COc1ccc(C2=C(c3ccc(OCc4cn5cc(OC)ccc5n4)cc3)C(=O)C(C)(C)O2)cc1. The zero-order chi connectivity index (χ0) is 24.6. The van der Waals surface area contributed by atoms with E-state index < -0.39 is 5.60 Å². The van der Waals surface area contributed by atoms with Crippen molar-refractivity contribution in [2.45, 2.75) is 26.1 Å². The van der Waals surface area contributed by atoms with Crippen LogP contribution in [0.2, 0.25) is 0 Å². The lowest BCUT2D eigenvalue weighted by atomic mass is 9.92. The molecule has 0 N–H and O–H groups in total. The Kier molecular flexibility index (Phi) is 5.68. The minimum Gasteiger partial charge on any atom is -0.497 e. The molecule has 178 valence electrons. The zero-order valence-electron chi connectivity index (χ0n) is 20.1. The van der Waals surface area contributed by atoms with E-state index in [1.54, 1.807) is 28.1 Å². The molecule has 0 spiro atoms. The summed E-state index contributed by atoms with van der Waals surface area (Å²) >= 11 is 0. The molecule has 2 aromatic heterocycles. The molecular weight excluding hydrogens is 444 g/mol. The second-order valence-corrected chi connectivity index (χ2v) is 8.75. The molecule has 0 aliphatic carbocycles. The number of ether oxygens (including phenoxy) is 4. The molecule has 0 amide bonds. The van der Waals surface area contributed by atoms with E-state index >= 15 is 0 Å². The summed E-state index contributed by atoms with van der Waals surface area (Å²) in [5.41, 5.74) is 2.84. The van der Waals surface area contributed by atoms with Crippen LogP contribution >= 0.6 is 0 Å². The second-order valence-electron chi connectivity index (χ2n) is 8.75. The van der Waals surface area contributed by atoms with Crippen LogP contribution < -0.4 is 14.2 Å². The first-order chi connectivity index (χ1) is 16.9. The number of hydrogen-bond acceptors (Lipinski definition) is 6. The molecule has 35 heavy (non-hydrogen) atoms. The van der Waals surface area contributed by atoms with E-state index in [9.17, 15) is 4.79 Å². The molecule has 7 heteroatoms. The van der Waals surface area contributed by atoms with Gasteiger partial charge in [0.05, 0.1) is 31.7 Å². The van der Waals surface area contributed by atoms with Gasteiger partial charge >= 0.3 is 0 Å². The second kappa shape index (κ2) is 8.83. The summed E-state index contributed by atoms with van der Waals surface area (Å²) in [6.07, 6.45) is 3.78. The fraction of sp³-hybridized carbons (Fsp3) is 0.214. The molecule has 0 saturated heterocycles. The molecule has 1 aliphatic heterocycles. The van der Waals surface area contributed by atoms with E-state index in [0.717, 1.165) is 34.0 Å². The lowest BCUT2D eigenvalue weighted by Gasteiger charge is -2.17. The number of imidazole rings is 1. The Morgan fingerprint density at radius 1 is 0.829 bits per heavy atom. The summed E-state index contributed by atoms with van der Waals surface area (Å²) < 4.78 is 24.5. The lowest BCUT2D eigenvalue weighted by molar-refractivity contribution is -0.125. The van der Waals surface area contributed by atoms with Gasteiger partial charge in [-0.15, -0.1) is 0 Å². The summed E-state index contributed by atoms with van der Waals surface area (Å²) in [4.78, 5) is 17.8. The molecule has 2 aromatic carbocycles. The number of hydrogen-bond donors (Lipinski definition) is 0. The third kappa shape index (κ3) is 4.33. The summed E-state index contributed by atoms with van der Waals surface area (Å²) in [6.45, 7) is 3.89. The third-order valence-corrected chi connectivity index (χ3v) is 5.95. The average molecular weight is 471 g/mol. The maximum Gasteiger partial charge on any atom is 0.210 e. The first kappa shape index (κ1) is 22.5. The van der Waals surface area contributed by atoms with E-state index in [1.165, 1.54) is 0 Å². The molecule has 3 heterocycles. The van der Waals surface area contributed by atoms with E-state index in [0.29, 0.717) is 23.7 Å². The van der Waals surface area contributed by atoms with Crippen LogP contribution in [0.15, 0.2) is 73.1 Å². The third-order valence-electron chi connectivity index (χ3n) is 5.95. The highest BCUT2D eigenvalue weighted by Gasteiger charge is 2.42. The van der Waals surface area contributed by atoms with Crippen molar-refractivity contribution in [1.29, 1.82) is 0 Å². The number of ketones is 1. The van der Waals surface area contributed by atoms with Crippen LogP contribution in [0.1, 0.15) is 30.7 Å². The topological polar surface area (TPSA) is 71.3 Å². The Bertz CT molecular complexity index is 1420. The molecule has 0 unspecified atom stereocenters. The van der Waals surface area contributed by atoms with Crippen molar-refractivity contribution in [3.8, 4) is 17.2 Å². The van der Waals surface area contributed by atoms with Crippen molar-refractivity contribution in [2.75, 3.05) is 14.2 Å². The van der Waals surface area contributed by atoms with Gasteiger partial charge in [-0.2, -0.15) is 0 Å². The molecule has 5 rings (SSSR count). The maximum absolute atomic E-state index is 13.2. The van der Waals surface area contributed by atoms with Crippen molar-refractivity contribution < 1.29 is 23.7 Å². The molecular formula is C28H26N2O5. The lowest BCUT2D eigenvalue weighted by Crippen LogP contribution is -2.29. The highest BCUT2D eigenvalue weighted by Crippen LogP contribution is 2.41. The standard InChI is InChI=1S/C28H26N2O5/c1-28(2)27(31)25(26(35-28)19-7-9-21(32-3)10-8-19)18-5-11-22(12-6-18)34-17-20-15-30-16-23(33-4)13-14-24(30)29-20/h5-16H,17H2,1-4H3. The smallest absolute Gasteiger partial charge is 0.210 e. The van der Waals surface area contributed by atoms with Gasteiger partial charge < -0.3 is 23.3 Å². The monoisotopic (exact) mass is 470 g/mol. The minimum absolute atomic E-state index is 0.0582. The molecule has 7 nitrogen and oxygen atoms in total. The van der Waals surface area contributed by atoms with Crippen LogP contribution in [0.5, 0.6) is 17.2 Å². The van der Waals surface area contributed by atoms with Crippen molar-refractivity contribution >= 4 is 22.8 Å². The number of methoxy groups -OCH3 is 2. The van der Waals surface area contributed by atoms with Gasteiger partial charge in [0.15, 0.2) is 5.60 Å². The minimum atomic E-state index is -0.939. The highest BCUT2D eigenvalue weighted by atomic mass is 16.5. The van der Waals surface area contributed by atoms with Crippen LogP contribution in [0, 0.1) is 0 Å². The molecule has 1 aliphatic rings. The largest absolute Gasteiger partial charge is 0.497 e. The van der Waals surface area contributed by atoms with Crippen molar-refractivity contribution in [1.82, 2.24) is 9.38 Å². The van der Waals surface area contributed by atoms with Gasteiger partial charge in [0.25, 0.3) is 0 Å². The molecule has 0 radical (unpaired) electrons. The maximum atomic E-state index is 13.2. The molecule has 0 saturated carbocycles. The van der Waals surface area contributed by atoms with Gasteiger partial charge in [-0.1, -0.05) is 12.1 Å². The fourth-order valence-corrected chi connectivity index (χ4v) is 4.05. The number of Topliss-reactive ketones (excluding diaryl/α,β-unsaturated/α-hetero) is 1. The average Bonchev–Trinajstić information content (AvgIpc) is 3.40. The fourth-order valence-electron chi connectivity index (χ4n) is 4.05. The highest BCUT2D eigenvalue weighted by molar-refractivity contribution is 6.32. The van der Waals surface area contributed by atoms with Crippen molar-refractivity contribution in [2.24, 2.45) is 0 Å². The predicted octanol–water partition coefficient (Wildman–Crippen LogP) is 5.18. The van der Waals surface area contributed by atoms with Crippen molar-refractivity contribution in [3.05, 3.63) is 89.9 Å². The first-order valence-corrected chi connectivity index (χ1v) is 11.3. The zero-order valence-corrected chi connectivity index (χ0v) is 20.1. The summed E-state index contributed by atoms with van der Waals surface area (Å²) in [5, 5.41) is 0. The molecule has 0 bridgehead atoms. The first-order valence-electron chi connectivity index (χ1n) is 11.3. The summed E-state index contributed by atoms with van der Waals surface area (Å²) in [7, 11) is 3.25. The normalized spacial score (nSPS) is 14.8. The van der Waals surface area contributed by atoms with Crippen LogP contribution in [-0.4, -0.2) is 35.0 Å². The van der Waals surface area contributed by atoms with Gasteiger partial charge in [0.1, 0.15) is 35.3 Å². The number of fused-ring (bicyclic) bond motifs is 1. The molecule has 4 aromatic rings. The summed E-state index contributed by atoms with van der Waals surface area (Å²) in [6, 6.07) is 18.7. The van der Waals surface area contributed by atoms with Gasteiger partial charge in [-0.3, -0.25) is 4.79 Å². The molecule has 0 atom stereocenters. The number of aromatic nitrogens is 2. The molecule has 0 fully saturated rings. The van der Waals surface area contributed by atoms with E-state index in [4.69, 9.17) is 18.9 Å². The van der Waals surface area contributed by atoms with Crippen molar-refractivity contribution in [3.63, 3.8) is 0 Å². The number of carbonyl (C=O) groups is 1. The van der Waals surface area contributed by atoms with E-state index in [1.807, 2.05) is 77.5 Å². The Morgan fingerprint density at radius 3 is 2.14 bits per heavy atom. The number of pyridine rings is 1. The van der Waals surface area contributed by atoms with Crippen LogP contribution in [-0.2, 0) is 16.1 Å². The Hall–Kier alpha value is -4.26. The Morgan fingerprint density at radius 2 is 1.46 bits per heavy atom. The Balaban J connectivity index is 1.37. The van der Waals surface area contributed by atoms with Gasteiger partial charge in [-0.25, -0.2) is 4.98 Å².